The molecule has 0 aromatic carbocycles. The van der Waals surface area contributed by atoms with Crippen LogP contribution in [-0.4, -0.2) is 18.0 Å². The predicted molar refractivity (Wildman–Crippen MR) is 72.7 cm³/mol. The number of carbonyl (C=O) groups excluding carboxylic acids is 1. The molecule has 4 heteroatoms. The van der Waals surface area contributed by atoms with E-state index in [-0.39, 0.29) is 11.9 Å². The van der Waals surface area contributed by atoms with Gasteiger partial charge in [-0.2, -0.15) is 0 Å². The highest BCUT2D eigenvalue weighted by Gasteiger charge is 2.40. The highest BCUT2D eigenvalue weighted by Crippen LogP contribution is 2.39. The predicted octanol–water partition coefficient (Wildman–Crippen LogP) is 2.22. The Kier molecular flexibility index (Phi) is 3.35. The summed E-state index contributed by atoms with van der Waals surface area (Å²) in [4.78, 5) is 12.2. The minimum Gasteiger partial charge on any atom is -0.456 e. The van der Waals surface area contributed by atoms with Crippen molar-refractivity contribution in [2.75, 3.05) is 0 Å². The molecule has 0 spiro atoms. The fraction of sp³-hybridized carbons (Fsp3) is 0.667. The Morgan fingerprint density at radius 1 is 1.32 bits per heavy atom. The summed E-state index contributed by atoms with van der Waals surface area (Å²) >= 11 is 0. The summed E-state index contributed by atoms with van der Waals surface area (Å²) in [6, 6.07) is 4.17. The van der Waals surface area contributed by atoms with E-state index in [0.717, 1.165) is 18.6 Å². The van der Waals surface area contributed by atoms with Gasteiger partial charge in [0.25, 0.3) is 5.91 Å². The first-order valence-electron chi connectivity index (χ1n) is 7.26. The maximum atomic E-state index is 12.2. The molecule has 2 aliphatic rings. The van der Waals surface area contributed by atoms with Crippen molar-refractivity contribution in [2.24, 2.45) is 17.6 Å². The van der Waals surface area contributed by atoms with Crippen molar-refractivity contribution >= 4 is 5.91 Å². The van der Waals surface area contributed by atoms with Crippen molar-refractivity contribution in [2.45, 2.75) is 51.1 Å². The molecule has 19 heavy (non-hydrogen) atoms. The SMILES string of the molecule is Cc1ccc(C(=O)NC2C3CCCC2CC(N)C3)o1. The van der Waals surface area contributed by atoms with E-state index in [0.29, 0.717) is 23.6 Å². The van der Waals surface area contributed by atoms with Crippen LogP contribution in [-0.2, 0) is 0 Å². The van der Waals surface area contributed by atoms with Crippen molar-refractivity contribution in [3.05, 3.63) is 23.7 Å². The maximum absolute atomic E-state index is 12.2. The highest BCUT2D eigenvalue weighted by molar-refractivity contribution is 5.91. The molecule has 2 bridgehead atoms. The molecule has 1 aromatic heterocycles. The van der Waals surface area contributed by atoms with Gasteiger partial charge < -0.3 is 15.5 Å². The summed E-state index contributed by atoms with van der Waals surface area (Å²) in [5.41, 5.74) is 6.10. The molecular formula is C15H22N2O2. The smallest absolute Gasteiger partial charge is 0.287 e. The van der Waals surface area contributed by atoms with E-state index >= 15 is 0 Å². The zero-order valence-electron chi connectivity index (χ0n) is 11.4. The van der Waals surface area contributed by atoms with Crippen LogP contribution in [0, 0.1) is 18.8 Å². The Bertz CT molecular complexity index is 454. The van der Waals surface area contributed by atoms with Gasteiger partial charge in [-0.1, -0.05) is 6.42 Å². The van der Waals surface area contributed by atoms with Crippen molar-refractivity contribution in [1.82, 2.24) is 5.32 Å². The molecule has 0 radical (unpaired) electrons. The third kappa shape index (κ3) is 2.54. The average Bonchev–Trinajstić information content (AvgIpc) is 2.77. The lowest BCUT2D eigenvalue weighted by Crippen LogP contribution is -2.53. The van der Waals surface area contributed by atoms with Crippen LogP contribution in [0.1, 0.15) is 48.4 Å². The normalized spacial score (nSPS) is 34.0. The number of furan rings is 1. The Labute approximate surface area is 113 Å². The Hall–Kier alpha value is -1.29. The first kappa shape index (κ1) is 12.7. The minimum atomic E-state index is -0.0783. The molecule has 2 fully saturated rings. The van der Waals surface area contributed by atoms with Crippen LogP contribution in [0.25, 0.3) is 0 Å². The van der Waals surface area contributed by atoms with Gasteiger partial charge in [0.05, 0.1) is 0 Å². The highest BCUT2D eigenvalue weighted by atomic mass is 16.3. The van der Waals surface area contributed by atoms with Gasteiger partial charge in [-0.3, -0.25) is 4.79 Å². The number of hydrogen-bond donors (Lipinski definition) is 2. The number of amides is 1. The first-order chi connectivity index (χ1) is 9.13. The van der Waals surface area contributed by atoms with Gasteiger partial charge in [-0.25, -0.2) is 0 Å². The van der Waals surface area contributed by atoms with Crippen LogP contribution < -0.4 is 11.1 Å². The van der Waals surface area contributed by atoms with Crippen molar-refractivity contribution in [3.8, 4) is 0 Å². The number of hydrogen-bond acceptors (Lipinski definition) is 3. The van der Waals surface area contributed by atoms with Crippen molar-refractivity contribution in [1.29, 1.82) is 0 Å². The molecule has 1 aromatic rings. The zero-order valence-corrected chi connectivity index (χ0v) is 11.4. The van der Waals surface area contributed by atoms with Gasteiger partial charge in [0.1, 0.15) is 5.76 Å². The summed E-state index contributed by atoms with van der Waals surface area (Å²) in [7, 11) is 0. The topological polar surface area (TPSA) is 68.3 Å². The molecule has 3 rings (SSSR count). The summed E-state index contributed by atoms with van der Waals surface area (Å²) in [5.74, 6) is 2.21. The van der Waals surface area contributed by atoms with Gasteiger partial charge in [0, 0.05) is 12.1 Å². The molecule has 1 heterocycles. The van der Waals surface area contributed by atoms with Gasteiger partial charge in [-0.15, -0.1) is 0 Å². The number of nitrogens with one attached hydrogen (secondary N) is 1. The lowest BCUT2D eigenvalue weighted by atomic mass is 9.67. The van der Waals surface area contributed by atoms with Crippen LogP contribution in [0.15, 0.2) is 16.5 Å². The number of rotatable bonds is 2. The van der Waals surface area contributed by atoms with Crippen molar-refractivity contribution < 1.29 is 9.21 Å². The van der Waals surface area contributed by atoms with E-state index in [2.05, 4.69) is 5.32 Å². The number of nitrogens with two attached hydrogens (primary N) is 1. The monoisotopic (exact) mass is 262 g/mol. The molecule has 2 aliphatic carbocycles. The van der Waals surface area contributed by atoms with Gasteiger partial charge in [0.2, 0.25) is 0 Å². The van der Waals surface area contributed by atoms with E-state index < -0.39 is 0 Å². The largest absolute Gasteiger partial charge is 0.456 e. The van der Waals surface area contributed by atoms with Crippen LogP contribution in [0.2, 0.25) is 0 Å². The van der Waals surface area contributed by atoms with Crippen molar-refractivity contribution in [3.63, 3.8) is 0 Å². The van der Waals surface area contributed by atoms with Crippen LogP contribution >= 0.6 is 0 Å². The molecule has 4 nitrogen and oxygen atoms in total. The third-order valence-corrected chi connectivity index (χ3v) is 4.64. The Morgan fingerprint density at radius 2 is 2.00 bits per heavy atom. The molecule has 2 unspecified atom stereocenters. The van der Waals surface area contributed by atoms with E-state index in [9.17, 15) is 4.79 Å². The van der Waals surface area contributed by atoms with E-state index in [1.165, 1.54) is 19.3 Å². The van der Waals surface area contributed by atoms with E-state index in [1.54, 1.807) is 6.07 Å². The average molecular weight is 262 g/mol. The molecule has 2 atom stereocenters. The summed E-state index contributed by atoms with van der Waals surface area (Å²) in [6.45, 7) is 1.85. The molecule has 0 saturated heterocycles. The van der Waals surface area contributed by atoms with Crippen LogP contribution in [0.3, 0.4) is 0 Å². The Balaban J connectivity index is 1.70. The summed E-state index contributed by atoms with van der Waals surface area (Å²) in [6.07, 6.45) is 5.73. The Morgan fingerprint density at radius 3 is 2.58 bits per heavy atom. The summed E-state index contributed by atoms with van der Waals surface area (Å²) < 4.78 is 5.39. The fourth-order valence-corrected chi connectivity index (χ4v) is 3.80. The number of carbonyl (C=O) groups is 1. The lowest BCUT2D eigenvalue weighted by molar-refractivity contribution is 0.0731. The molecule has 3 N–H and O–H groups in total. The summed E-state index contributed by atoms with van der Waals surface area (Å²) in [5, 5.41) is 3.18. The molecule has 1 amide bonds. The molecule has 2 saturated carbocycles. The van der Waals surface area contributed by atoms with Gasteiger partial charge in [0.15, 0.2) is 5.76 Å². The first-order valence-corrected chi connectivity index (χ1v) is 7.26. The standard InChI is InChI=1S/C15H22N2O2/c1-9-5-6-13(19-9)15(18)17-14-10-3-2-4-11(14)8-12(16)7-10/h5-6,10-12,14H,2-4,7-8,16H2,1H3,(H,17,18). The van der Waals surface area contributed by atoms with Gasteiger partial charge in [-0.05, 0) is 56.6 Å². The number of aryl methyl sites for hydroxylation is 1. The van der Waals surface area contributed by atoms with E-state index in [4.69, 9.17) is 10.2 Å². The maximum Gasteiger partial charge on any atom is 0.287 e. The second kappa shape index (κ2) is 5.00. The molecule has 104 valence electrons. The zero-order chi connectivity index (χ0) is 13.4. The quantitative estimate of drug-likeness (QED) is 0.858. The minimum absolute atomic E-state index is 0.0783. The second-order valence-electron chi connectivity index (χ2n) is 6.09. The second-order valence-corrected chi connectivity index (χ2v) is 6.09. The number of fused-ring (bicyclic) bond motifs is 2. The van der Waals surface area contributed by atoms with Crippen LogP contribution in [0.4, 0.5) is 0 Å². The van der Waals surface area contributed by atoms with Gasteiger partial charge >= 0.3 is 0 Å². The fourth-order valence-electron chi connectivity index (χ4n) is 3.80. The molecule has 0 aliphatic heterocycles. The third-order valence-electron chi connectivity index (χ3n) is 4.64. The van der Waals surface area contributed by atoms with Crippen LogP contribution in [0.5, 0.6) is 0 Å². The lowest BCUT2D eigenvalue weighted by Gasteiger charge is -2.45. The molecular weight excluding hydrogens is 240 g/mol. The van der Waals surface area contributed by atoms with E-state index in [1.807, 2.05) is 13.0 Å².